The van der Waals surface area contributed by atoms with Crippen molar-refractivity contribution in [1.82, 2.24) is 0 Å². The van der Waals surface area contributed by atoms with E-state index in [0.717, 1.165) is 5.56 Å². The van der Waals surface area contributed by atoms with Crippen LogP contribution in [0, 0.1) is 5.92 Å². The average Bonchev–Trinajstić information content (AvgIpc) is 2.83. The van der Waals surface area contributed by atoms with E-state index in [1.807, 2.05) is 42.5 Å². The van der Waals surface area contributed by atoms with E-state index < -0.39 is 54.9 Å². The van der Waals surface area contributed by atoms with Crippen LogP contribution >= 0.6 is 15.9 Å². The molecule has 7 atom stereocenters. The lowest BCUT2D eigenvalue weighted by Crippen LogP contribution is -2.64. The molecule has 1 aromatic rings. The fourth-order valence-electron chi connectivity index (χ4n) is 4.33. The lowest BCUT2D eigenvalue weighted by atomic mass is 9.95. The van der Waals surface area contributed by atoms with E-state index in [4.69, 9.17) is 28.4 Å². The maximum absolute atomic E-state index is 13.3. The number of fused-ring (bicyclic) bond motifs is 3. The van der Waals surface area contributed by atoms with Gasteiger partial charge in [-0.3, -0.25) is 9.59 Å². The summed E-state index contributed by atoms with van der Waals surface area (Å²) in [6.45, 7) is 4.07. The van der Waals surface area contributed by atoms with Crippen molar-refractivity contribution >= 4 is 27.9 Å². The van der Waals surface area contributed by atoms with Crippen molar-refractivity contribution in [3.05, 3.63) is 59.1 Å². The van der Waals surface area contributed by atoms with E-state index in [2.05, 4.69) is 22.5 Å². The van der Waals surface area contributed by atoms with Gasteiger partial charge in [-0.25, -0.2) is 0 Å². The third-order valence-corrected chi connectivity index (χ3v) is 6.33. The second-order valence-electron chi connectivity index (χ2n) is 8.48. The molecule has 0 N–H and O–H groups in total. The molecule has 34 heavy (non-hydrogen) atoms. The van der Waals surface area contributed by atoms with Gasteiger partial charge in [0.25, 0.3) is 0 Å². The Kier molecular flexibility index (Phi) is 8.55. The van der Waals surface area contributed by atoms with Crippen molar-refractivity contribution in [1.29, 1.82) is 0 Å². The predicted molar refractivity (Wildman–Crippen MR) is 125 cm³/mol. The third kappa shape index (κ3) is 5.95. The van der Waals surface area contributed by atoms with E-state index in [1.54, 1.807) is 0 Å². The van der Waals surface area contributed by atoms with Gasteiger partial charge in [0.2, 0.25) is 0 Å². The first-order valence-corrected chi connectivity index (χ1v) is 12.1. The molecule has 4 rings (SSSR count). The number of hydrogen-bond donors (Lipinski definition) is 0. The number of halogens is 1. The van der Waals surface area contributed by atoms with Gasteiger partial charge in [0.1, 0.15) is 12.2 Å². The number of allylic oxidation sites excluding steroid dienone is 3. The van der Waals surface area contributed by atoms with E-state index >= 15 is 0 Å². The maximum atomic E-state index is 13.3. The van der Waals surface area contributed by atoms with E-state index in [1.165, 1.54) is 7.11 Å². The van der Waals surface area contributed by atoms with Crippen LogP contribution in [0.4, 0.5) is 0 Å². The van der Waals surface area contributed by atoms with Gasteiger partial charge in [-0.2, -0.15) is 0 Å². The van der Waals surface area contributed by atoms with Crippen molar-refractivity contribution in [2.75, 3.05) is 13.7 Å². The Hall–Kier alpha value is -2.04. The van der Waals surface area contributed by atoms with Crippen LogP contribution in [-0.4, -0.2) is 56.4 Å². The molecule has 9 heteroatoms. The minimum absolute atomic E-state index is 0.185. The number of carbonyl (C=O) groups is 2. The molecule has 0 aliphatic carbocycles. The Morgan fingerprint density at radius 1 is 1.09 bits per heavy atom. The van der Waals surface area contributed by atoms with E-state index in [0.29, 0.717) is 23.7 Å². The molecule has 184 valence electrons. The van der Waals surface area contributed by atoms with Gasteiger partial charge >= 0.3 is 11.9 Å². The Morgan fingerprint density at radius 3 is 2.62 bits per heavy atom. The highest BCUT2D eigenvalue weighted by atomic mass is 79.9. The second-order valence-corrected chi connectivity index (χ2v) is 9.60. The molecule has 0 radical (unpaired) electrons. The SMILES string of the molecule is C=C(Br)C[C@H]1CC=CCCC(=O)O[C@H]2[C@@H](OC)O[C@@H]3COC(c4ccccc4)O[C@H]3[C@@H]2OC1=O. The zero-order chi connectivity index (χ0) is 24.1. The summed E-state index contributed by atoms with van der Waals surface area (Å²) in [6.07, 6.45) is 0.462. The number of rotatable bonds is 4. The zero-order valence-electron chi connectivity index (χ0n) is 19.0. The van der Waals surface area contributed by atoms with Crippen LogP contribution in [0.1, 0.15) is 37.5 Å². The van der Waals surface area contributed by atoms with Crippen LogP contribution in [0.25, 0.3) is 0 Å². The summed E-state index contributed by atoms with van der Waals surface area (Å²) in [5.41, 5.74) is 0.821. The molecule has 3 aliphatic rings. The monoisotopic (exact) mass is 536 g/mol. The summed E-state index contributed by atoms with van der Waals surface area (Å²) in [7, 11) is 1.45. The van der Waals surface area contributed by atoms with Gasteiger partial charge in [0, 0.05) is 19.1 Å². The molecule has 1 aromatic carbocycles. The second kappa shape index (κ2) is 11.6. The van der Waals surface area contributed by atoms with E-state index in [9.17, 15) is 9.59 Å². The van der Waals surface area contributed by atoms with Gasteiger partial charge in [0.05, 0.1) is 12.5 Å². The lowest BCUT2D eigenvalue weighted by Gasteiger charge is -2.48. The Morgan fingerprint density at radius 2 is 1.88 bits per heavy atom. The molecule has 3 aliphatic heterocycles. The first-order chi connectivity index (χ1) is 16.5. The molecule has 0 spiro atoms. The summed E-state index contributed by atoms with van der Waals surface area (Å²) in [5, 5.41) is 0. The molecule has 0 saturated carbocycles. The van der Waals surface area contributed by atoms with Crippen LogP contribution in [0.5, 0.6) is 0 Å². The standard InChI is InChI=1S/C25H29BrO8/c1-15(26)13-17-11-7-4-8-12-19(27)32-22-21(33-23(17)28)20-18(31-25(22)29-2)14-30-24(34-20)16-9-5-3-6-10-16/h3-7,9-10,17-18,20-22,24-25H,1,8,11-14H2,2H3/t17-,18-,20-,21+,22-,24?,25+/m1/s1. The highest BCUT2D eigenvalue weighted by molar-refractivity contribution is 9.11. The molecular formula is C25H29BrO8. The molecule has 0 amide bonds. The number of methoxy groups -OCH3 is 1. The smallest absolute Gasteiger partial charge is 0.310 e. The number of carbonyl (C=O) groups excluding carboxylic acids is 2. The molecule has 3 heterocycles. The molecule has 1 unspecified atom stereocenters. The minimum atomic E-state index is -0.992. The van der Waals surface area contributed by atoms with E-state index in [-0.39, 0.29) is 13.0 Å². The number of esters is 2. The lowest BCUT2D eigenvalue weighted by molar-refractivity contribution is -0.359. The largest absolute Gasteiger partial charge is 0.455 e. The maximum Gasteiger partial charge on any atom is 0.310 e. The van der Waals surface area contributed by atoms with Crippen LogP contribution in [0.3, 0.4) is 0 Å². The summed E-state index contributed by atoms with van der Waals surface area (Å²) >= 11 is 3.36. The Balaban J connectivity index is 1.65. The van der Waals surface area contributed by atoms with Gasteiger partial charge in [-0.05, 0) is 23.7 Å². The fourth-order valence-corrected chi connectivity index (χ4v) is 4.72. The van der Waals surface area contributed by atoms with Crippen molar-refractivity contribution in [2.45, 2.75) is 62.7 Å². The van der Waals surface area contributed by atoms with Crippen molar-refractivity contribution < 1.29 is 38.0 Å². The summed E-state index contributed by atoms with van der Waals surface area (Å²) in [5.74, 6) is -1.32. The van der Waals surface area contributed by atoms with Crippen LogP contribution in [0.15, 0.2) is 53.5 Å². The highest BCUT2D eigenvalue weighted by Crippen LogP contribution is 2.37. The molecule has 0 bridgehead atoms. The summed E-state index contributed by atoms with van der Waals surface area (Å²) < 4.78 is 36.1. The van der Waals surface area contributed by atoms with Crippen LogP contribution in [-0.2, 0) is 38.0 Å². The topological polar surface area (TPSA) is 89.5 Å². The average molecular weight is 537 g/mol. The fraction of sp³-hybridized carbons (Fsp3) is 0.520. The first kappa shape index (κ1) is 25.1. The Bertz CT molecular complexity index is 903. The zero-order valence-corrected chi connectivity index (χ0v) is 20.6. The molecule has 8 nitrogen and oxygen atoms in total. The predicted octanol–water partition coefficient (Wildman–Crippen LogP) is 3.95. The molecule has 0 aromatic heterocycles. The van der Waals surface area contributed by atoms with Crippen LogP contribution < -0.4 is 0 Å². The minimum Gasteiger partial charge on any atom is -0.455 e. The third-order valence-electron chi connectivity index (χ3n) is 6.01. The first-order valence-electron chi connectivity index (χ1n) is 11.3. The van der Waals surface area contributed by atoms with Gasteiger partial charge in [0.15, 0.2) is 24.8 Å². The highest BCUT2D eigenvalue weighted by Gasteiger charge is 2.54. The van der Waals surface area contributed by atoms with Crippen molar-refractivity contribution in [3.63, 3.8) is 0 Å². The van der Waals surface area contributed by atoms with Crippen molar-refractivity contribution in [2.24, 2.45) is 5.92 Å². The van der Waals surface area contributed by atoms with Gasteiger partial charge in [-0.15, -0.1) is 0 Å². The normalized spacial score (nSPS) is 34.5. The van der Waals surface area contributed by atoms with Gasteiger partial charge < -0.3 is 28.4 Å². The molecule has 2 saturated heterocycles. The number of hydrogen-bond acceptors (Lipinski definition) is 8. The number of ether oxygens (including phenoxy) is 6. The summed E-state index contributed by atoms with van der Waals surface area (Å²) in [4.78, 5) is 25.9. The van der Waals surface area contributed by atoms with Crippen molar-refractivity contribution in [3.8, 4) is 0 Å². The summed E-state index contributed by atoms with van der Waals surface area (Å²) in [6, 6.07) is 9.46. The van der Waals surface area contributed by atoms with Crippen LogP contribution in [0.2, 0.25) is 0 Å². The number of benzene rings is 1. The Labute approximate surface area is 207 Å². The quantitative estimate of drug-likeness (QED) is 0.422. The van der Waals surface area contributed by atoms with Gasteiger partial charge in [-0.1, -0.05) is 65.0 Å². The molecular weight excluding hydrogens is 508 g/mol. The molecule has 2 fully saturated rings.